The Morgan fingerprint density at radius 1 is 1.40 bits per heavy atom. The molecule has 0 atom stereocenters. The Kier molecular flexibility index (Phi) is 6.83. The third kappa shape index (κ3) is 4.71. The molecule has 1 aromatic carbocycles. The molecular weight excluding hydrogens is 260 g/mol. The summed E-state index contributed by atoms with van der Waals surface area (Å²) < 4.78 is 10.6. The van der Waals surface area contributed by atoms with Crippen LogP contribution in [0.5, 0.6) is 11.5 Å². The predicted octanol–water partition coefficient (Wildman–Crippen LogP) is 0.374. The molecule has 0 spiro atoms. The number of ether oxygens (including phenoxy) is 2. The Bertz CT molecular complexity index is 437. The molecule has 0 radical (unpaired) electrons. The summed E-state index contributed by atoms with van der Waals surface area (Å²) in [6.45, 7) is 1.03. The monoisotopic (exact) mass is 282 g/mol. The minimum absolute atomic E-state index is 0.0596. The summed E-state index contributed by atoms with van der Waals surface area (Å²) in [5.41, 5.74) is 6.12. The van der Waals surface area contributed by atoms with Gasteiger partial charge in [-0.25, -0.2) is 0 Å². The maximum absolute atomic E-state index is 11.8. The van der Waals surface area contributed by atoms with Crippen LogP contribution in [0.25, 0.3) is 0 Å². The van der Waals surface area contributed by atoms with Crippen molar-refractivity contribution in [1.29, 1.82) is 0 Å². The van der Waals surface area contributed by atoms with Gasteiger partial charge in [-0.1, -0.05) is 6.07 Å². The Balaban J connectivity index is 2.58. The molecule has 0 fully saturated rings. The second kappa shape index (κ2) is 8.39. The van der Waals surface area contributed by atoms with E-state index in [1.165, 1.54) is 7.11 Å². The van der Waals surface area contributed by atoms with Gasteiger partial charge in [-0.3, -0.25) is 4.79 Å². The molecule has 0 saturated carbocycles. The van der Waals surface area contributed by atoms with Crippen molar-refractivity contribution in [3.8, 4) is 11.5 Å². The number of likely N-dealkylation sites (N-methyl/N-ethyl adjacent to an activating group) is 1. The van der Waals surface area contributed by atoms with Crippen LogP contribution in [0.1, 0.15) is 12.0 Å². The highest BCUT2D eigenvalue weighted by atomic mass is 16.5. The number of aliphatic hydroxyl groups is 1. The van der Waals surface area contributed by atoms with E-state index in [-0.39, 0.29) is 19.1 Å². The van der Waals surface area contributed by atoms with Crippen molar-refractivity contribution >= 4 is 5.91 Å². The van der Waals surface area contributed by atoms with Gasteiger partial charge in [-0.2, -0.15) is 0 Å². The molecule has 1 amide bonds. The first-order chi connectivity index (χ1) is 9.62. The van der Waals surface area contributed by atoms with E-state index in [4.69, 9.17) is 20.3 Å². The summed E-state index contributed by atoms with van der Waals surface area (Å²) in [5.74, 6) is 0.853. The third-order valence-electron chi connectivity index (χ3n) is 2.89. The van der Waals surface area contributed by atoms with Gasteiger partial charge in [0.25, 0.3) is 5.91 Å². The lowest BCUT2D eigenvalue weighted by Crippen LogP contribution is -2.33. The van der Waals surface area contributed by atoms with Crippen molar-refractivity contribution in [1.82, 2.24) is 4.90 Å². The normalized spacial score (nSPS) is 10.2. The molecule has 3 N–H and O–H groups in total. The minimum Gasteiger partial charge on any atom is -0.493 e. The highest BCUT2D eigenvalue weighted by Crippen LogP contribution is 2.28. The summed E-state index contributed by atoms with van der Waals surface area (Å²) in [6.07, 6.45) is 0.761. The van der Waals surface area contributed by atoms with Gasteiger partial charge in [-0.15, -0.1) is 0 Å². The van der Waals surface area contributed by atoms with Crippen molar-refractivity contribution < 1.29 is 19.4 Å². The number of rotatable bonds is 8. The first-order valence-corrected chi connectivity index (χ1v) is 6.47. The van der Waals surface area contributed by atoms with Crippen LogP contribution in [0.2, 0.25) is 0 Å². The number of hydrogen-bond acceptors (Lipinski definition) is 5. The van der Waals surface area contributed by atoms with Crippen LogP contribution >= 0.6 is 0 Å². The lowest BCUT2D eigenvalue weighted by atomic mass is 10.2. The van der Waals surface area contributed by atoms with Crippen LogP contribution < -0.4 is 15.2 Å². The summed E-state index contributed by atoms with van der Waals surface area (Å²) in [5, 5.41) is 9.05. The summed E-state index contributed by atoms with van der Waals surface area (Å²) in [6, 6.07) is 5.08. The smallest absolute Gasteiger partial charge is 0.260 e. The average molecular weight is 282 g/mol. The number of aliphatic hydroxyl groups excluding tert-OH is 1. The Morgan fingerprint density at radius 2 is 2.15 bits per heavy atom. The number of methoxy groups -OCH3 is 1. The zero-order valence-corrected chi connectivity index (χ0v) is 12.0. The van der Waals surface area contributed by atoms with Crippen molar-refractivity contribution in [2.24, 2.45) is 5.73 Å². The van der Waals surface area contributed by atoms with Gasteiger partial charge in [0.1, 0.15) is 0 Å². The zero-order chi connectivity index (χ0) is 15.0. The van der Waals surface area contributed by atoms with Gasteiger partial charge in [0.2, 0.25) is 0 Å². The van der Waals surface area contributed by atoms with Crippen LogP contribution in [0.4, 0.5) is 0 Å². The third-order valence-corrected chi connectivity index (χ3v) is 2.89. The highest BCUT2D eigenvalue weighted by Gasteiger charge is 2.11. The van der Waals surface area contributed by atoms with Crippen LogP contribution in [-0.2, 0) is 11.4 Å². The maximum atomic E-state index is 11.8. The Morgan fingerprint density at radius 3 is 2.75 bits per heavy atom. The molecule has 0 saturated heterocycles. The summed E-state index contributed by atoms with van der Waals surface area (Å²) in [7, 11) is 3.23. The lowest BCUT2D eigenvalue weighted by molar-refractivity contribution is -0.132. The fourth-order valence-electron chi connectivity index (χ4n) is 1.63. The average Bonchev–Trinajstić information content (AvgIpc) is 2.49. The van der Waals surface area contributed by atoms with Crippen LogP contribution in [0.15, 0.2) is 18.2 Å². The number of carbonyl (C=O) groups excluding carboxylic acids is 1. The van der Waals surface area contributed by atoms with E-state index in [9.17, 15) is 4.79 Å². The Hall–Kier alpha value is -1.79. The molecule has 20 heavy (non-hydrogen) atoms. The van der Waals surface area contributed by atoms with Crippen molar-refractivity contribution in [3.05, 3.63) is 23.8 Å². The topological polar surface area (TPSA) is 85.0 Å². The fourth-order valence-corrected chi connectivity index (χ4v) is 1.63. The molecule has 112 valence electrons. The largest absolute Gasteiger partial charge is 0.493 e. The van der Waals surface area contributed by atoms with E-state index in [2.05, 4.69) is 0 Å². The summed E-state index contributed by atoms with van der Waals surface area (Å²) >= 11 is 0. The first-order valence-electron chi connectivity index (χ1n) is 6.47. The molecular formula is C14H22N2O4. The zero-order valence-electron chi connectivity index (χ0n) is 12.0. The van der Waals surface area contributed by atoms with E-state index in [0.29, 0.717) is 24.6 Å². The second-order valence-corrected chi connectivity index (χ2v) is 4.39. The van der Waals surface area contributed by atoms with Gasteiger partial charge in [0, 0.05) is 13.6 Å². The van der Waals surface area contributed by atoms with Crippen LogP contribution in [0, 0.1) is 0 Å². The molecule has 0 aliphatic heterocycles. The van der Waals surface area contributed by atoms with Gasteiger partial charge >= 0.3 is 0 Å². The SMILES string of the molecule is COc1cc(CO)ccc1OCC(=O)N(C)CCCN. The van der Waals surface area contributed by atoms with Crippen molar-refractivity contribution in [3.63, 3.8) is 0 Å². The predicted molar refractivity (Wildman–Crippen MR) is 75.7 cm³/mol. The molecule has 1 rings (SSSR count). The number of hydrogen-bond donors (Lipinski definition) is 2. The Labute approximate surface area is 119 Å². The fraction of sp³-hybridized carbons (Fsp3) is 0.500. The number of carbonyl (C=O) groups is 1. The number of benzene rings is 1. The van der Waals surface area contributed by atoms with E-state index in [0.717, 1.165) is 12.0 Å². The molecule has 0 heterocycles. The van der Waals surface area contributed by atoms with E-state index in [1.54, 1.807) is 30.1 Å². The van der Waals surface area contributed by atoms with Gasteiger partial charge < -0.3 is 25.2 Å². The van der Waals surface area contributed by atoms with Gasteiger partial charge in [-0.05, 0) is 30.7 Å². The standard InChI is InChI=1S/C14H22N2O4/c1-16(7-3-6-15)14(18)10-20-12-5-4-11(9-17)8-13(12)19-2/h4-5,8,17H,3,6-7,9-10,15H2,1-2H3. The minimum atomic E-state index is -0.119. The van der Waals surface area contributed by atoms with Crippen molar-refractivity contribution in [2.45, 2.75) is 13.0 Å². The molecule has 1 aromatic rings. The van der Waals surface area contributed by atoms with E-state index >= 15 is 0 Å². The summed E-state index contributed by atoms with van der Waals surface area (Å²) in [4.78, 5) is 13.4. The number of amides is 1. The molecule has 0 bridgehead atoms. The molecule has 6 heteroatoms. The van der Waals surface area contributed by atoms with E-state index < -0.39 is 0 Å². The van der Waals surface area contributed by atoms with Crippen LogP contribution in [-0.4, -0.2) is 49.8 Å². The number of nitrogens with two attached hydrogens (primary N) is 1. The molecule has 0 aliphatic carbocycles. The lowest BCUT2D eigenvalue weighted by Gasteiger charge is -2.17. The van der Waals surface area contributed by atoms with Crippen LogP contribution in [0.3, 0.4) is 0 Å². The van der Waals surface area contributed by atoms with Gasteiger partial charge in [0.15, 0.2) is 18.1 Å². The highest BCUT2D eigenvalue weighted by molar-refractivity contribution is 5.77. The molecule has 0 aliphatic rings. The maximum Gasteiger partial charge on any atom is 0.260 e. The second-order valence-electron chi connectivity index (χ2n) is 4.39. The molecule has 0 unspecified atom stereocenters. The van der Waals surface area contributed by atoms with Crippen molar-refractivity contribution in [2.75, 3.05) is 33.9 Å². The first kappa shape index (κ1) is 16.3. The number of nitrogens with zero attached hydrogens (tertiary/aromatic N) is 1. The van der Waals surface area contributed by atoms with Gasteiger partial charge in [0.05, 0.1) is 13.7 Å². The quantitative estimate of drug-likeness (QED) is 0.719. The molecule has 6 nitrogen and oxygen atoms in total. The molecule has 0 aromatic heterocycles. The van der Waals surface area contributed by atoms with E-state index in [1.807, 2.05) is 0 Å².